The fraction of sp³-hybridized carbons (Fsp3) is 0.208. The SMILES string of the molecule is Nc1cccc(C2C=NC(Cc3ccccc3)C3=NC(Cc4ccco4)C(=O)N32)c1F. The molecule has 2 N–H and O–H groups in total. The van der Waals surface area contributed by atoms with Crippen molar-refractivity contribution < 1.29 is 13.6 Å². The first-order chi connectivity index (χ1) is 15.1. The highest BCUT2D eigenvalue weighted by molar-refractivity contribution is 6.12. The highest BCUT2D eigenvalue weighted by atomic mass is 19.1. The maximum Gasteiger partial charge on any atom is 0.254 e. The van der Waals surface area contributed by atoms with Crippen molar-refractivity contribution >= 4 is 23.6 Å². The van der Waals surface area contributed by atoms with Crippen LogP contribution >= 0.6 is 0 Å². The zero-order valence-electron chi connectivity index (χ0n) is 16.7. The second-order valence-electron chi connectivity index (χ2n) is 7.69. The molecule has 156 valence electrons. The molecule has 1 aromatic heterocycles. The molecule has 3 aromatic rings. The molecule has 0 bridgehead atoms. The Kier molecular flexibility index (Phi) is 4.86. The topological polar surface area (TPSA) is 84.2 Å². The summed E-state index contributed by atoms with van der Waals surface area (Å²) < 4.78 is 20.3. The van der Waals surface area contributed by atoms with Crippen molar-refractivity contribution in [3.05, 3.63) is 89.6 Å². The first-order valence-electron chi connectivity index (χ1n) is 10.2. The standard InChI is InChI=1S/C24H21FN4O2/c25-22-17(9-4-10-18(22)26)21-14-27-19(12-15-6-2-1-3-7-15)23-28-20(24(30)29(21)23)13-16-8-5-11-31-16/h1-11,14,19-21H,12-13,26H2. The molecular formula is C24H21FN4O2. The van der Waals surface area contributed by atoms with E-state index >= 15 is 0 Å². The van der Waals surface area contributed by atoms with Crippen LogP contribution in [0.1, 0.15) is 22.9 Å². The number of fused-ring (bicyclic) bond motifs is 1. The molecule has 3 unspecified atom stereocenters. The number of carbonyl (C=O) groups excluding carboxylic acids is 1. The smallest absolute Gasteiger partial charge is 0.254 e. The summed E-state index contributed by atoms with van der Waals surface area (Å²) >= 11 is 0. The van der Waals surface area contributed by atoms with Gasteiger partial charge in [-0.2, -0.15) is 0 Å². The van der Waals surface area contributed by atoms with Crippen LogP contribution in [-0.2, 0) is 17.6 Å². The molecule has 0 saturated heterocycles. The summed E-state index contributed by atoms with van der Waals surface area (Å²) in [7, 11) is 0. The molecule has 31 heavy (non-hydrogen) atoms. The van der Waals surface area contributed by atoms with Crippen LogP contribution < -0.4 is 5.73 Å². The van der Waals surface area contributed by atoms with Gasteiger partial charge in [-0.05, 0) is 23.8 Å². The molecule has 2 aliphatic heterocycles. The average molecular weight is 416 g/mol. The lowest BCUT2D eigenvalue weighted by atomic mass is 9.98. The van der Waals surface area contributed by atoms with Gasteiger partial charge in [-0.25, -0.2) is 4.39 Å². The summed E-state index contributed by atoms with van der Waals surface area (Å²) in [5, 5.41) is 0. The molecule has 1 amide bonds. The Morgan fingerprint density at radius 3 is 2.61 bits per heavy atom. The van der Waals surface area contributed by atoms with Gasteiger partial charge < -0.3 is 10.2 Å². The number of rotatable bonds is 5. The van der Waals surface area contributed by atoms with Gasteiger partial charge in [0.15, 0.2) is 5.82 Å². The molecule has 2 aromatic carbocycles. The summed E-state index contributed by atoms with van der Waals surface area (Å²) in [5.74, 6) is 0.499. The molecule has 3 heterocycles. The summed E-state index contributed by atoms with van der Waals surface area (Å²) in [6.07, 6.45) is 4.15. The van der Waals surface area contributed by atoms with Crippen molar-refractivity contribution in [3.63, 3.8) is 0 Å². The highest BCUT2D eigenvalue weighted by Gasteiger charge is 2.45. The largest absolute Gasteiger partial charge is 0.469 e. The van der Waals surface area contributed by atoms with E-state index in [1.807, 2.05) is 36.4 Å². The highest BCUT2D eigenvalue weighted by Crippen LogP contribution is 2.34. The second-order valence-corrected chi connectivity index (χ2v) is 7.69. The summed E-state index contributed by atoms with van der Waals surface area (Å²) in [6, 6.07) is 16.7. The molecule has 0 fully saturated rings. The van der Waals surface area contributed by atoms with Crippen molar-refractivity contribution in [2.24, 2.45) is 9.98 Å². The van der Waals surface area contributed by atoms with Crippen molar-refractivity contribution in [3.8, 4) is 0 Å². The third kappa shape index (κ3) is 3.52. The van der Waals surface area contributed by atoms with Gasteiger partial charge >= 0.3 is 0 Å². The number of nitrogens with zero attached hydrogens (tertiary/aromatic N) is 3. The van der Waals surface area contributed by atoms with Crippen LogP contribution in [0.25, 0.3) is 0 Å². The number of aliphatic imine (C=N–C) groups is 2. The summed E-state index contributed by atoms with van der Waals surface area (Å²) in [5.41, 5.74) is 7.21. The lowest BCUT2D eigenvalue weighted by molar-refractivity contribution is -0.128. The van der Waals surface area contributed by atoms with E-state index < -0.39 is 17.9 Å². The van der Waals surface area contributed by atoms with Crippen LogP contribution in [0.3, 0.4) is 0 Å². The third-order valence-electron chi connectivity index (χ3n) is 5.66. The minimum atomic E-state index is -0.691. The Morgan fingerprint density at radius 2 is 1.84 bits per heavy atom. The third-order valence-corrected chi connectivity index (χ3v) is 5.66. The number of hydrogen-bond acceptors (Lipinski definition) is 5. The van der Waals surface area contributed by atoms with Gasteiger partial charge in [-0.1, -0.05) is 42.5 Å². The number of nitrogen functional groups attached to an aromatic ring is 1. The lowest BCUT2D eigenvalue weighted by Gasteiger charge is -2.33. The van der Waals surface area contributed by atoms with Gasteiger partial charge in [-0.15, -0.1) is 0 Å². The molecular weight excluding hydrogens is 395 g/mol. The van der Waals surface area contributed by atoms with Crippen LogP contribution in [0.4, 0.5) is 10.1 Å². The van der Waals surface area contributed by atoms with E-state index in [0.29, 0.717) is 30.0 Å². The van der Waals surface area contributed by atoms with Crippen molar-refractivity contribution in [1.29, 1.82) is 0 Å². The van der Waals surface area contributed by atoms with Crippen LogP contribution in [0.15, 0.2) is 81.3 Å². The number of nitrogens with two attached hydrogens (primary N) is 1. The van der Waals surface area contributed by atoms with Gasteiger partial charge in [0.2, 0.25) is 0 Å². The predicted molar refractivity (Wildman–Crippen MR) is 116 cm³/mol. The molecule has 0 aliphatic carbocycles. The fourth-order valence-electron chi connectivity index (χ4n) is 4.15. The van der Waals surface area contributed by atoms with E-state index in [9.17, 15) is 9.18 Å². The van der Waals surface area contributed by atoms with Crippen molar-refractivity contribution in [1.82, 2.24) is 4.90 Å². The second kappa shape index (κ2) is 7.83. The monoisotopic (exact) mass is 416 g/mol. The fourth-order valence-corrected chi connectivity index (χ4v) is 4.15. The maximum atomic E-state index is 14.8. The van der Waals surface area contributed by atoms with Crippen LogP contribution in [0.5, 0.6) is 0 Å². The molecule has 0 radical (unpaired) electrons. The number of carbonyl (C=O) groups is 1. The van der Waals surface area contributed by atoms with Gasteiger partial charge in [0.1, 0.15) is 29.7 Å². The number of hydrogen-bond donors (Lipinski definition) is 1. The number of amidine groups is 1. The summed E-state index contributed by atoms with van der Waals surface area (Å²) in [4.78, 5) is 24.4. The Bertz CT molecular complexity index is 1160. The zero-order valence-corrected chi connectivity index (χ0v) is 16.7. The Hall–Kier alpha value is -3.74. The van der Waals surface area contributed by atoms with Crippen molar-refractivity contribution in [2.75, 3.05) is 5.73 Å². The van der Waals surface area contributed by atoms with Crippen molar-refractivity contribution in [2.45, 2.75) is 31.0 Å². The van der Waals surface area contributed by atoms with Gasteiger partial charge in [0.25, 0.3) is 5.91 Å². The molecule has 6 nitrogen and oxygen atoms in total. The van der Waals surface area contributed by atoms with E-state index in [-0.39, 0.29) is 17.6 Å². The van der Waals surface area contributed by atoms with E-state index in [2.05, 4.69) is 4.99 Å². The molecule has 3 atom stereocenters. The Balaban J connectivity index is 1.53. The zero-order chi connectivity index (χ0) is 21.4. The van der Waals surface area contributed by atoms with E-state index in [1.54, 1.807) is 35.6 Å². The first kappa shape index (κ1) is 19.2. The van der Waals surface area contributed by atoms with Crippen LogP contribution in [0, 0.1) is 5.82 Å². The molecule has 2 aliphatic rings. The minimum Gasteiger partial charge on any atom is -0.469 e. The number of amides is 1. The quantitative estimate of drug-likeness (QED) is 0.645. The van der Waals surface area contributed by atoms with Gasteiger partial charge in [0, 0.05) is 24.6 Å². The van der Waals surface area contributed by atoms with Crippen LogP contribution in [-0.4, -0.2) is 34.9 Å². The molecule has 0 saturated carbocycles. The predicted octanol–water partition coefficient (Wildman–Crippen LogP) is 3.59. The molecule has 5 rings (SSSR count). The average Bonchev–Trinajstić information content (AvgIpc) is 3.41. The normalized spacial score (nSPS) is 22.5. The first-order valence-corrected chi connectivity index (χ1v) is 10.2. The van der Waals surface area contributed by atoms with E-state index in [4.69, 9.17) is 15.1 Å². The van der Waals surface area contributed by atoms with Gasteiger partial charge in [0.05, 0.1) is 12.0 Å². The summed E-state index contributed by atoms with van der Waals surface area (Å²) in [6.45, 7) is 0. The lowest BCUT2D eigenvalue weighted by Crippen LogP contribution is -2.47. The number of furan rings is 1. The number of halogens is 1. The number of anilines is 1. The minimum absolute atomic E-state index is 0.0366. The maximum absolute atomic E-state index is 14.8. The van der Waals surface area contributed by atoms with E-state index in [1.165, 1.54) is 6.07 Å². The Morgan fingerprint density at radius 1 is 1.00 bits per heavy atom. The molecule has 0 spiro atoms. The van der Waals surface area contributed by atoms with E-state index in [0.717, 1.165) is 5.56 Å². The van der Waals surface area contributed by atoms with Crippen LogP contribution in [0.2, 0.25) is 0 Å². The Labute approximate surface area is 178 Å². The molecule has 7 heteroatoms. The van der Waals surface area contributed by atoms with Gasteiger partial charge in [-0.3, -0.25) is 19.7 Å². The number of benzene rings is 2.